The van der Waals surface area contributed by atoms with Gasteiger partial charge in [0.2, 0.25) is 8.32 Å². The largest absolute Gasteiger partial charge is 0.413 e. The smallest absolute Gasteiger partial charge is 0.213 e. The molecule has 66 valence electrons. The normalized spacial score (nSPS) is 11.6. The molecule has 0 radical (unpaired) electrons. The summed E-state index contributed by atoms with van der Waals surface area (Å²) in [4.78, 5) is 0. The second kappa shape index (κ2) is 4.73. The Bertz CT molecular complexity index is 130. The first-order valence-corrected chi connectivity index (χ1v) is 7.21. The Hall–Kier alpha value is -0.0831. The molecule has 0 aliphatic rings. The van der Waals surface area contributed by atoms with Crippen molar-refractivity contribution in [3.63, 3.8) is 0 Å². The van der Waals surface area contributed by atoms with Crippen LogP contribution in [-0.4, -0.2) is 14.9 Å². The molecule has 0 rings (SSSR count). The molecule has 2 heteroatoms. The van der Waals surface area contributed by atoms with E-state index in [1.807, 2.05) is 0 Å². The highest BCUT2D eigenvalue weighted by Gasteiger charge is 2.22. The topological polar surface area (TPSA) is 9.23 Å². The van der Waals surface area contributed by atoms with E-state index in [4.69, 9.17) is 4.43 Å². The fourth-order valence-corrected chi connectivity index (χ4v) is 1.50. The van der Waals surface area contributed by atoms with Crippen molar-refractivity contribution in [2.45, 2.75) is 39.8 Å². The van der Waals surface area contributed by atoms with Crippen LogP contribution in [0, 0.1) is 0 Å². The van der Waals surface area contributed by atoms with Crippen LogP contribution in [0.25, 0.3) is 0 Å². The number of allylic oxidation sites excluding steroid dienone is 1. The minimum Gasteiger partial charge on any atom is -0.413 e. The van der Waals surface area contributed by atoms with E-state index in [-0.39, 0.29) is 0 Å². The summed E-state index contributed by atoms with van der Waals surface area (Å²) in [6.07, 6.45) is 2.38. The lowest BCUT2D eigenvalue weighted by Gasteiger charge is -2.22. The van der Waals surface area contributed by atoms with Crippen molar-refractivity contribution in [1.29, 1.82) is 0 Å². The van der Waals surface area contributed by atoms with Crippen LogP contribution in [0.2, 0.25) is 13.1 Å². The molecule has 0 amide bonds. The fraction of sp³-hybridized carbons (Fsp3) is 0.778. The molecule has 0 N–H and O–H groups in total. The van der Waals surface area contributed by atoms with Crippen molar-refractivity contribution in [3.05, 3.63) is 11.8 Å². The van der Waals surface area contributed by atoms with Crippen LogP contribution >= 0.6 is 0 Å². The van der Waals surface area contributed by atoms with Crippen molar-refractivity contribution in [2.24, 2.45) is 0 Å². The van der Waals surface area contributed by atoms with Gasteiger partial charge in [-0.1, -0.05) is 18.5 Å². The molecule has 0 aliphatic heterocycles. The first-order chi connectivity index (χ1) is 5.00. The molecule has 0 saturated heterocycles. The molecule has 11 heavy (non-hydrogen) atoms. The van der Waals surface area contributed by atoms with Crippen LogP contribution in [0.15, 0.2) is 11.8 Å². The van der Waals surface area contributed by atoms with Crippen molar-refractivity contribution < 1.29 is 4.43 Å². The van der Waals surface area contributed by atoms with Crippen LogP contribution in [0.1, 0.15) is 26.7 Å². The summed E-state index contributed by atoms with van der Waals surface area (Å²) >= 11 is 0. The van der Waals surface area contributed by atoms with Gasteiger partial charge in [0.15, 0.2) is 0 Å². The maximum absolute atomic E-state index is 5.77. The zero-order valence-electron chi connectivity index (χ0n) is 8.24. The van der Waals surface area contributed by atoms with Crippen LogP contribution in [0.5, 0.6) is 0 Å². The molecule has 0 aromatic carbocycles. The molecule has 0 atom stereocenters. The SMILES string of the molecule is C=C(C)[Si](C)(C)OCCCC. The Balaban J connectivity index is 3.64. The predicted molar refractivity (Wildman–Crippen MR) is 53.2 cm³/mol. The average Bonchev–Trinajstić information content (AvgIpc) is 1.88. The van der Waals surface area contributed by atoms with Crippen molar-refractivity contribution in [1.82, 2.24) is 0 Å². The summed E-state index contributed by atoms with van der Waals surface area (Å²) in [6, 6.07) is 0. The standard InChI is InChI=1S/C9H20OSi/c1-6-7-8-10-11(4,5)9(2)3/h2,6-8H2,1,3-5H3. The van der Waals surface area contributed by atoms with E-state index in [2.05, 4.69) is 33.5 Å². The van der Waals surface area contributed by atoms with Crippen molar-refractivity contribution in [2.75, 3.05) is 6.61 Å². The van der Waals surface area contributed by atoms with Gasteiger partial charge in [-0.3, -0.25) is 0 Å². The van der Waals surface area contributed by atoms with Crippen LogP contribution < -0.4 is 0 Å². The molecule has 0 aliphatic carbocycles. The molecule has 0 unspecified atom stereocenters. The van der Waals surface area contributed by atoms with Gasteiger partial charge in [0.05, 0.1) is 0 Å². The van der Waals surface area contributed by atoms with Gasteiger partial charge in [-0.2, -0.15) is 0 Å². The summed E-state index contributed by atoms with van der Waals surface area (Å²) in [7, 11) is -1.51. The van der Waals surface area contributed by atoms with Crippen LogP contribution in [0.3, 0.4) is 0 Å². The quantitative estimate of drug-likeness (QED) is 0.457. The Labute approximate surface area is 71.6 Å². The van der Waals surface area contributed by atoms with Crippen LogP contribution in [-0.2, 0) is 4.43 Å². The number of rotatable bonds is 5. The van der Waals surface area contributed by atoms with Gasteiger partial charge >= 0.3 is 0 Å². The van der Waals surface area contributed by atoms with Gasteiger partial charge in [-0.15, -0.1) is 6.58 Å². The molecule has 0 saturated carbocycles. The van der Waals surface area contributed by atoms with E-state index < -0.39 is 8.32 Å². The van der Waals surface area contributed by atoms with Crippen LogP contribution in [0.4, 0.5) is 0 Å². The maximum atomic E-state index is 5.77. The Morgan fingerprint density at radius 3 is 2.36 bits per heavy atom. The molecule has 1 nitrogen and oxygen atoms in total. The first kappa shape index (κ1) is 10.9. The summed E-state index contributed by atoms with van der Waals surface area (Å²) in [5.41, 5.74) is 0. The number of hydrogen-bond acceptors (Lipinski definition) is 1. The molecule has 0 heterocycles. The number of unbranched alkanes of at least 4 members (excludes halogenated alkanes) is 1. The summed E-state index contributed by atoms with van der Waals surface area (Å²) in [5, 5.41) is 1.23. The highest BCUT2D eigenvalue weighted by molar-refractivity contribution is 6.78. The Morgan fingerprint density at radius 1 is 1.45 bits per heavy atom. The monoisotopic (exact) mass is 172 g/mol. The number of hydrogen-bond donors (Lipinski definition) is 0. The predicted octanol–water partition coefficient (Wildman–Crippen LogP) is 3.12. The minimum absolute atomic E-state index is 0.905. The van der Waals surface area contributed by atoms with Gasteiger partial charge in [0, 0.05) is 6.61 Å². The van der Waals surface area contributed by atoms with Gasteiger partial charge < -0.3 is 4.43 Å². The molecular weight excluding hydrogens is 152 g/mol. The molecular formula is C9H20OSi. The van der Waals surface area contributed by atoms with Gasteiger partial charge in [0.25, 0.3) is 0 Å². The average molecular weight is 172 g/mol. The summed E-state index contributed by atoms with van der Waals surface area (Å²) in [5.74, 6) is 0. The minimum atomic E-state index is -1.51. The fourth-order valence-electron chi connectivity index (χ4n) is 0.595. The van der Waals surface area contributed by atoms with Crippen molar-refractivity contribution >= 4 is 8.32 Å². The van der Waals surface area contributed by atoms with Gasteiger partial charge in [-0.05, 0) is 26.4 Å². The molecule has 0 aromatic rings. The van der Waals surface area contributed by atoms with Gasteiger partial charge in [-0.25, -0.2) is 0 Å². The third kappa shape index (κ3) is 4.38. The summed E-state index contributed by atoms with van der Waals surface area (Å²) in [6.45, 7) is 13.5. The van der Waals surface area contributed by atoms with Gasteiger partial charge in [0.1, 0.15) is 0 Å². The Morgan fingerprint density at radius 2 is 2.00 bits per heavy atom. The van der Waals surface area contributed by atoms with E-state index in [1.54, 1.807) is 0 Å². The molecule has 0 spiro atoms. The zero-order chi connectivity index (χ0) is 8.91. The van der Waals surface area contributed by atoms with E-state index >= 15 is 0 Å². The van der Waals surface area contributed by atoms with E-state index in [9.17, 15) is 0 Å². The summed E-state index contributed by atoms with van der Waals surface area (Å²) < 4.78 is 5.77. The van der Waals surface area contributed by atoms with E-state index in [0.717, 1.165) is 6.61 Å². The third-order valence-electron chi connectivity index (χ3n) is 1.99. The molecule has 0 aromatic heterocycles. The molecule has 0 fully saturated rings. The maximum Gasteiger partial charge on any atom is 0.213 e. The van der Waals surface area contributed by atoms with E-state index in [0.29, 0.717) is 0 Å². The van der Waals surface area contributed by atoms with E-state index in [1.165, 1.54) is 18.0 Å². The van der Waals surface area contributed by atoms with Crippen molar-refractivity contribution in [3.8, 4) is 0 Å². The zero-order valence-corrected chi connectivity index (χ0v) is 9.24. The highest BCUT2D eigenvalue weighted by Crippen LogP contribution is 2.13. The Kier molecular flexibility index (Phi) is 4.69. The third-order valence-corrected chi connectivity index (χ3v) is 4.97. The second-order valence-electron chi connectivity index (χ2n) is 3.49. The lowest BCUT2D eigenvalue weighted by atomic mass is 10.4. The molecule has 0 bridgehead atoms. The highest BCUT2D eigenvalue weighted by atomic mass is 28.4. The second-order valence-corrected chi connectivity index (χ2v) is 7.66. The first-order valence-electron chi connectivity index (χ1n) is 4.30. The lowest BCUT2D eigenvalue weighted by molar-refractivity contribution is 0.304. The lowest BCUT2D eigenvalue weighted by Crippen LogP contribution is -2.32.